The minimum atomic E-state index is -0.138. The highest BCUT2D eigenvalue weighted by atomic mass is 15.2. The Morgan fingerprint density at radius 2 is 1.64 bits per heavy atom. The number of pyridine rings is 2. The molecule has 2 N–H and O–H groups in total. The molecule has 0 saturated heterocycles. The van der Waals surface area contributed by atoms with E-state index in [1.54, 1.807) is 12.4 Å². The number of aromatic nitrogens is 4. The van der Waals surface area contributed by atoms with Crippen molar-refractivity contribution >= 4 is 11.8 Å². The molecule has 3 heterocycles. The van der Waals surface area contributed by atoms with E-state index in [2.05, 4.69) is 51.3 Å². The first-order valence-corrected chi connectivity index (χ1v) is 8.22. The third-order valence-electron chi connectivity index (χ3n) is 3.32. The molecule has 0 fully saturated rings. The molecule has 3 rings (SSSR count). The molecule has 0 aliphatic carbocycles. The smallest absolute Gasteiger partial charge is 0.225 e. The first kappa shape index (κ1) is 16.8. The van der Waals surface area contributed by atoms with Crippen molar-refractivity contribution in [1.82, 2.24) is 19.9 Å². The topological polar surface area (TPSA) is 75.6 Å². The Labute approximate surface area is 147 Å². The van der Waals surface area contributed by atoms with Crippen molar-refractivity contribution in [2.24, 2.45) is 0 Å². The zero-order chi connectivity index (χ0) is 17.7. The Bertz CT molecular complexity index is 812. The number of hydrogen-bond acceptors (Lipinski definition) is 6. The van der Waals surface area contributed by atoms with Crippen LogP contribution in [0, 0.1) is 0 Å². The highest BCUT2D eigenvalue weighted by Crippen LogP contribution is 2.21. The summed E-state index contributed by atoms with van der Waals surface area (Å²) in [4.78, 5) is 17.9. The molecular formula is C19H22N6. The maximum absolute atomic E-state index is 4.60. The van der Waals surface area contributed by atoms with Crippen molar-refractivity contribution in [2.75, 3.05) is 10.6 Å². The van der Waals surface area contributed by atoms with E-state index < -0.39 is 0 Å². The van der Waals surface area contributed by atoms with Gasteiger partial charge in [0.25, 0.3) is 0 Å². The Kier molecular flexibility index (Phi) is 4.88. The fourth-order valence-electron chi connectivity index (χ4n) is 2.26. The van der Waals surface area contributed by atoms with Gasteiger partial charge in [0.2, 0.25) is 5.95 Å². The van der Waals surface area contributed by atoms with Crippen LogP contribution in [0.25, 0.3) is 11.4 Å². The molecule has 0 saturated carbocycles. The summed E-state index contributed by atoms with van der Waals surface area (Å²) in [6.45, 7) is 6.81. The summed E-state index contributed by atoms with van der Waals surface area (Å²) in [6.07, 6.45) is 3.54. The Morgan fingerprint density at radius 3 is 2.28 bits per heavy atom. The van der Waals surface area contributed by atoms with Gasteiger partial charge in [-0.05, 0) is 45.0 Å². The summed E-state index contributed by atoms with van der Waals surface area (Å²) in [5.74, 6) is 1.30. The summed E-state index contributed by atoms with van der Waals surface area (Å²) in [6, 6.07) is 13.5. The molecule has 0 aromatic carbocycles. The predicted molar refractivity (Wildman–Crippen MR) is 100 cm³/mol. The normalized spacial score (nSPS) is 11.2. The summed E-state index contributed by atoms with van der Waals surface area (Å²) >= 11 is 0. The highest BCUT2D eigenvalue weighted by Gasteiger charge is 2.14. The molecule has 0 amide bonds. The van der Waals surface area contributed by atoms with Crippen molar-refractivity contribution in [1.29, 1.82) is 0 Å². The molecule has 25 heavy (non-hydrogen) atoms. The lowest BCUT2D eigenvalue weighted by atomic mass is 10.1. The van der Waals surface area contributed by atoms with Crippen LogP contribution in [0.4, 0.5) is 11.8 Å². The molecule has 0 radical (unpaired) electrons. The quantitative estimate of drug-likeness (QED) is 0.740. The summed E-state index contributed by atoms with van der Waals surface area (Å²) in [7, 11) is 0. The van der Waals surface area contributed by atoms with E-state index in [0.29, 0.717) is 12.5 Å². The maximum atomic E-state index is 4.60. The van der Waals surface area contributed by atoms with Gasteiger partial charge in [0.1, 0.15) is 5.82 Å². The fourth-order valence-corrected chi connectivity index (χ4v) is 2.26. The number of anilines is 2. The van der Waals surface area contributed by atoms with E-state index in [0.717, 1.165) is 22.9 Å². The predicted octanol–water partition coefficient (Wildman–Crippen LogP) is 3.76. The van der Waals surface area contributed by atoms with Gasteiger partial charge >= 0.3 is 0 Å². The number of rotatable bonds is 5. The average Bonchev–Trinajstić information content (AvgIpc) is 2.60. The molecule has 0 atom stereocenters. The molecule has 3 aromatic rings. The van der Waals surface area contributed by atoms with Crippen LogP contribution in [0.15, 0.2) is 54.9 Å². The number of hydrogen-bond donors (Lipinski definition) is 2. The van der Waals surface area contributed by atoms with Crippen molar-refractivity contribution < 1.29 is 0 Å². The maximum Gasteiger partial charge on any atom is 0.225 e. The first-order valence-electron chi connectivity index (χ1n) is 8.22. The standard InChI is InChI=1S/C19H22N6/c1-19(2,3)25-18-23-16(15-9-5-7-11-21-15)12-17(24-18)22-13-14-8-4-6-10-20-14/h4-12H,13H2,1-3H3,(H2,22,23,24,25). The van der Waals surface area contributed by atoms with Gasteiger partial charge in [0, 0.05) is 24.0 Å². The van der Waals surface area contributed by atoms with Crippen molar-refractivity contribution in [3.05, 3.63) is 60.6 Å². The second kappa shape index (κ2) is 7.25. The van der Waals surface area contributed by atoms with Gasteiger partial charge in [-0.2, -0.15) is 4.98 Å². The fraction of sp³-hybridized carbons (Fsp3) is 0.263. The SMILES string of the molecule is CC(C)(C)Nc1nc(NCc2ccccn2)cc(-c2ccccn2)n1. The van der Waals surface area contributed by atoms with E-state index in [1.807, 2.05) is 42.5 Å². The van der Waals surface area contributed by atoms with Crippen LogP contribution in [0.2, 0.25) is 0 Å². The molecule has 0 bridgehead atoms. The van der Waals surface area contributed by atoms with Crippen LogP contribution in [0.5, 0.6) is 0 Å². The van der Waals surface area contributed by atoms with E-state index >= 15 is 0 Å². The number of nitrogens with one attached hydrogen (secondary N) is 2. The first-order chi connectivity index (χ1) is 12.0. The third kappa shape index (κ3) is 4.97. The molecule has 0 aliphatic heterocycles. The second-order valence-corrected chi connectivity index (χ2v) is 6.73. The minimum absolute atomic E-state index is 0.138. The van der Waals surface area contributed by atoms with Gasteiger partial charge in [0.05, 0.1) is 23.6 Å². The summed E-state index contributed by atoms with van der Waals surface area (Å²) in [5.41, 5.74) is 2.39. The van der Waals surface area contributed by atoms with Gasteiger partial charge in [-0.1, -0.05) is 12.1 Å². The zero-order valence-corrected chi connectivity index (χ0v) is 14.7. The average molecular weight is 334 g/mol. The van der Waals surface area contributed by atoms with E-state index in [-0.39, 0.29) is 5.54 Å². The molecule has 0 aliphatic rings. The van der Waals surface area contributed by atoms with Gasteiger partial charge in [0.15, 0.2) is 0 Å². The van der Waals surface area contributed by atoms with Crippen LogP contribution in [0.3, 0.4) is 0 Å². The van der Waals surface area contributed by atoms with Crippen LogP contribution in [0.1, 0.15) is 26.5 Å². The largest absolute Gasteiger partial charge is 0.364 e. The van der Waals surface area contributed by atoms with Crippen LogP contribution in [-0.2, 0) is 6.54 Å². The summed E-state index contributed by atoms with van der Waals surface area (Å²) in [5, 5.41) is 6.64. The van der Waals surface area contributed by atoms with Crippen molar-refractivity contribution in [2.45, 2.75) is 32.9 Å². The van der Waals surface area contributed by atoms with Crippen LogP contribution in [-0.4, -0.2) is 25.5 Å². The highest BCUT2D eigenvalue weighted by molar-refractivity contribution is 5.61. The molecule has 6 heteroatoms. The molecule has 6 nitrogen and oxygen atoms in total. The molecular weight excluding hydrogens is 312 g/mol. The Hall–Kier alpha value is -3.02. The van der Waals surface area contributed by atoms with E-state index in [9.17, 15) is 0 Å². The van der Waals surface area contributed by atoms with Gasteiger partial charge in [-0.15, -0.1) is 0 Å². The lowest BCUT2D eigenvalue weighted by molar-refractivity contribution is 0.626. The minimum Gasteiger partial charge on any atom is -0.364 e. The van der Waals surface area contributed by atoms with Gasteiger partial charge < -0.3 is 10.6 Å². The molecule has 3 aromatic heterocycles. The third-order valence-corrected chi connectivity index (χ3v) is 3.32. The Balaban J connectivity index is 1.89. The lowest BCUT2D eigenvalue weighted by Gasteiger charge is -2.21. The van der Waals surface area contributed by atoms with E-state index in [4.69, 9.17) is 0 Å². The zero-order valence-electron chi connectivity index (χ0n) is 14.7. The van der Waals surface area contributed by atoms with Crippen molar-refractivity contribution in [3.8, 4) is 11.4 Å². The van der Waals surface area contributed by atoms with Gasteiger partial charge in [-0.3, -0.25) is 9.97 Å². The van der Waals surface area contributed by atoms with Crippen LogP contribution >= 0.6 is 0 Å². The monoisotopic (exact) mass is 334 g/mol. The molecule has 0 spiro atoms. The lowest BCUT2D eigenvalue weighted by Crippen LogP contribution is -2.27. The van der Waals surface area contributed by atoms with Crippen LogP contribution < -0.4 is 10.6 Å². The van der Waals surface area contributed by atoms with E-state index in [1.165, 1.54) is 0 Å². The van der Waals surface area contributed by atoms with Gasteiger partial charge in [-0.25, -0.2) is 4.98 Å². The Morgan fingerprint density at radius 1 is 0.880 bits per heavy atom. The number of nitrogens with zero attached hydrogens (tertiary/aromatic N) is 4. The molecule has 0 unspecified atom stereocenters. The molecule has 128 valence electrons. The van der Waals surface area contributed by atoms with Crippen molar-refractivity contribution in [3.63, 3.8) is 0 Å². The summed E-state index contributed by atoms with van der Waals surface area (Å²) < 4.78 is 0. The second-order valence-electron chi connectivity index (χ2n) is 6.73.